The summed E-state index contributed by atoms with van der Waals surface area (Å²) >= 11 is 0. The molecule has 3 unspecified atom stereocenters. The zero-order valence-electron chi connectivity index (χ0n) is 13.8. The number of H-pyrrole nitrogens is 1. The maximum Gasteiger partial charge on any atom is 0.0679 e. The van der Waals surface area contributed by atoms with Gasteiger partial charge < -0.3 is 16.0 Å². The molecule has 0 saturated carbocycles. The number of nitrogens with two attached hydrogens (primary N) is 1. The number of nitriles is 1. The van der Waals surface area contributed by atoms with Gasteiger partial charge in [0.25, 0.3) is 0 Å². The third kappa shape index (κ3) is 4.14. The molecule has 0 radical (unpaired) electrons. The first-order chi connectivity index (χ1) is 10.6. The fraction of sp³-hybridized carbons (Fsp3) is 0.611. The van der Waals surface area contributed by atoms with E-state index in [2.05, 4.69) is 42.9 Å². The van der Waals surface area contributed by atoms with E-state index in [0.717, 1.165) is 44.2 Å². The highest BCUT2D eigenvalue weighted by Gasteiger charge is 2.22. The highest BCUT2D eigenvalue weighted by Crippen LogP contribution is 2.20. The first-order valence-corrected chi connectivity index (χ1v) is 8.40. The van der Waals surface area contributed by atoms with Crippen molar-refractivity contribution in [2.24, 2.45) is 11.7 Å². The molecule has 0 amide bonds. The lowest BCUT2D eigenvalue weighted by Crippen LogP contribution is -2.37. The Balaban J connectivity index is 1.79. The van der Waals surface area contributed by atoms with Gasteiger partial charge in [0.05, 0.1) is 22.7 Å². The van der Waals surface area contributed by atoms with Gasteiger partial charge in [-0.1, -0.05) is 26.8 Å². The average molecular weight is 300 g/mol. The van der Waals surface area contributed by atoms with Crippen LogP contribution in [-0.4, -0.2) is 17.1 Å². The van der Waals surface area contributed by atoms with Gasteiger partial charge in [-0.3, -0.25) is 0 Å². The lowest BCUT2D eigenvalue weighted by Gasteiger charge is -2.26. The second kappa shape index (κ2) is 7.51. The number of nitrogens with one attached hydrogen (secondary N) is 2. The van der Waals surface area contributed by atoms with Crippen LogP contribution in [0.4, 0.5) is 0 Å². The maximum absolute atomic E-state index is 9.46. The number of aryl methyl sites for hydroxylation is 1. The Morgan fingerprint density at radius 2 is 2.27 bits per heavy atom. The summed E-state index contributed by atoms with van der Waals surface area (Å²) in [5, 5.41) is 15.6. The summed E-state index contributed by atoms with van der Waals surface area (Å²) in [5.74, 6) is -0.0503. The number of hydrogen-bond donors (Lipinski definition) is 3. The van der Waals surface area contributed by atoms with Gasteiger partial charge >= 0.3 is 0 Å². The van der Waals surface area contributed by atoms with Crippen LogP contribution in [0.1, 0.15) is 51.5 Å². The average Bonchev–Trinajstić information content (AvgIpc) is 3.13. The van der Waals surface area contributed by atoms with Crippen molar-refractivity contribution in [3.8, 4) is 6.07 Å². The zero-order chi connectivity index (χ0) is 16.1. The molecular weight excluding hydrogens is 272 g/mol. The minimum absolute atomic E-state index is 0.0503. The number of nitrogens with zero attached hydrogens (tertiary/aromatic N) is 1. The summed E-state index contributed by atoms with van der Waals surface area (Å²) < 4.78 is 0. The molecule has 2 rings (SSSR count). The molecule has 0 aromatic rings. The van der Waals surface area contributed by atoms with Crippen molar-refractivity contribution >= 4 is 0 Å². The molecule has 0 fully saturated rings. The summed E-state index contributed by atoms with van der Waals surface area (Å²) in [4.78, 5) is 3.23. The van der Waals surface area contributed by atoms with Gasteiger partial charge in [0.2, 0.25) is 0 Å². The highest BCUT2D eigenvalue weighted by molar-refractivity contribution is 5.27. The summed E-state index contributed by atoms with van der Waals surface area (Å²) in [6.07, 6.45) is 5.65. The third-order valence-electron chi connectivity index (χ3n) is 4.50. The molecule has 4 N–H and O–H groups in total. The Morgan fingerprint density at radius 1 is 1.50 bits per heavy atom. The summed E-state index contributed by atoms with van der Waals surface area (Å²) in [7, 11) is 0. The molecule has 4 heteroatoms. The van der Waals surface area contributed by atoms with Gasteiger partial charge in [-0.25, -0.2) is 0 Å². The van der Waals surface area contributed by atoms with E-state index in [-0.39, 0.29) is 18.0 Å². The van der Waals surface area contributed by atoms with Gasteiger partial charge in [-0.05, 0) is 43.7 Å². The van der Waals surface area contributed by atoms with Crippen LogP contribution in [0, 0.1) is 27.9 Å². The minimum Gasteiger partial charge on any atom is -0.385 e. The van der Waals surface area contributed by atoms with Gasteiger partial charge in [0, 0.05) is 17.8 Å². The first-order valence-electron chi connectivity index (χ1n) is 8.40. The van der Waals surface area contributed by atoms with Gasteiger partial charge in [0.15, 0.2) is 0 Å². The van der Waals surface area contributed by atoms with E-state index in [1.807, 2.05) is 0 Å². The summed E-state index contributed by atoms with van der Waals surface area (Å²) in [5.41, 5.74) is 8.52. The molecule has 2 aliphatic rings. The molecule has 1 aliphatic carbocycles. The monoisotopic (exact) mass is 300 g/mol. The van der Waals surface area contributed by atoms with Crippen molar-refractivity contribution < 1.29 is 0 Å². The smallest absolute Gasteiger partial charge is 0.0679 e. The van der Waals surface area contributed by atoms with Crippen LogP contribution in [0.2, 0.25) is 0 Å². The quantitative estimate of drug-likeness (QED) is 0.597. The number of aromatic nitrogens is 1. The van der Waals surface area contributed by atoms with E-state index < -0.39 is 0 Å². The van der Waals surface area contributed by atoms with Gasteiger partial charge in [-0.2, -0.15) is 5.26 Å². The largest absolute Gasteiger partial charge is 0.385 e. The molecule has 120 valence electrons. The van der Waals surface area contributed by atoms with Crippen LogP contribution < -0.4 is 11.1 Å². The van der Waals surface area contributed by atoms with Crippen LogP contribution in [-0.2, 0) is 6.42 Å². The summed E-state index contributed by atoms with van der Waals surface area (Å²) in [6, 6.07) is 4.89. The Bertz CT molecular complexity index is 637. The van der Waals surface area contributed by atoms with Crippen molar-refractivity contribution in [2.45, 2.75) is 64.5 Å². The molecule has 0 aromatic heterocycles. The fourth-order valence-electron chi connectivity index (χ4n) is 3.06. The normalized spacial score (nSPS) is 15.7. The van der Waals surface area contributed by atoms with Crippen LogP contribution in [0.5, 0.6) is 0 Å². The van der Waals surface area contributed by atoms with Gasteiger partial charge in [-0.15, -0.1) is 0 Å². The van der Waals surface area contributed by atoms with Gasteiger partial charge in [0.1, 0.15) is 0 Å². The Morgan fingerprint density at radius 3 is 2.77 bits per heavy atom. The molecule has 22 heavy (non-hydrogen) atoms. The number of allylic oxidation sites excluding steroid dienone is 1. The molecule has 0 aromatic carbocycles. The standard InChI is InChI=1S/C18H28N4/c1-4-6-15(20)9-14(11-19)16(5-2)21-12(3)7-8-13-10-17-18(13)22-17/h10,14-16,21-22H,3-9,20H2,1-2H3. The van der Waals surface area contributed by atoms with Crippen molar-refractivity contribution in [3.05, 3.63) is 34.6 Å². The van der Waals surface area contributed by atoms with E-state index in [1.54, 1.807) is 0 Å². The fourth-order valence-corrected chi connectivity index (χ4v) is 3.06. The molecule has 4 nitrogen and oxygen atoms in total. The molecule has 0 spiro atoms. The lowest BCUT2D eigenvalue weighted by atomic mass is 9.90. The Labute approximate surface area is 133 Å². The van der Waals surface area contributed by atoms with Crippen LogP contribution in [0.15, 0.2) is 18.3 Å². The highest BCUT2D eigenvalue weighted by atomic mass is 14.9. The van der Waals surface area contributed by atoms with Crippen molar-refractivity contribution in [1.29, 1.82) is 5.26 Å². The zero-order valence-corrected chi connectivity index (χ0v) is 13.8. The molecular formula is C18H28N4. The maximum atomic E-state index is 9.46. The second-order valence-corrected chi connectivity index (χ2v) is 6.37. The van der Waals surface area contributed by atoms with E-state index in [9.17, 15) is 5.26 Å². The molecule has 1 heterocycles. The first kappa shape index (κ1) is 16.6. The van der Waals surface area contributed by atoms with E-state index >= 15 is 0 Å². The summed E-state index contributed by atoms with van der Waals surface area (Å²) in [6.45, 7) is 8.37. The Kier molecular flexibility index (Phi) is 5.68. The molecule has 3 atom stereocenters. The predicted octanol–water partition coefficient (Wildman–Crippen LogP) is 3.09. The second-order valence-electron chi connectivity index (χ2n) is 6.37. The number of aromatic amines is 1. The molecule has 0 bridgehead atoms. The predicted molar refractivity (Wildman–Crippen MR) is 89.7 cm³/mol. The third-order valence-corrected chi connectivity index (χ3v) is 4.50. The Hall–Kier alpha value is -1.73. The van der Waals surface area contributed by atoms with Crippen molar-refractivity contribution in [3.63, 3.8) is 0 Å². The van der Waals surface area contributed by atoms with Crippen molar-refractivity contribution in [2.75, 3.05) is 0 Å². The van der Waals surface area contributed by atoms with Crippen LogP contribution >= 0.6 is 0 Å². The van der Waals surface area contributed by atoms with E-state index in [1.165, 1.54) is 16.3 Å². The lowest BCUT2D eigenvalue weighted by molar-refractivity contribution is 0.374. The number of hydrogen-bond acceptors (Lipinski definition) is 3. The SMILES string of the molecule is C=C(CCc1cc2[nH]c1=2)NC(CC)C(C#N)CC(N)CCC. The van der Waals surface area contributed by atoms with E-state index in [4.69, 9.17) is 5.73 Å². The van der Waals surface area contributed by atoms with Crippen molar-refractivity contribution in [1.82, 2.24) is 10.3 Å². The van der Waals surface area contributed by atoms with Crippen LogP contribution in [0.3, 0.4) is 0 Å². The topological polar surface area (TPSA) is 77.6 Å². The molecule has 1 aliphatic heterocycles. The van der Waals surface area contributed by atoms with Crippen LogP contribution in [0.25, 0.3) is 0 Å². The number of rotatable bonds is 11. The van der Waals surface area contributed by atoms with E-state index in [0.29, 0.717) is 0 Å². The minimum atomic E-state index is -0.0503. The molecule has 0 saturated heterocycles.